The number of pyridine rings is 2. The predicted molar refractivity (Wildman–Crippen MR) is 129 cm³/mol. The smallest absolute Gasteiger partial charge is 0.341 e. The first-order chi connectivity index (χ1) is 18.0. The number of carboxylic acids is 1. The molecule has 12 heteroatoms. The van der Waals surface area contributed by atoms with Gasteiger partial charge in [-0.15, -0.1) is 0 Å². The van der Waals surface area contributed by atoms with Gasteiger partial charge in [-0.1, -0.05) is 6.07 Å². The lowest BCUT2D eigenvalue weighted by atomic mass is 10.0. The molecular weight excluding hydrogens is 481 g/mol. The molecule has 2 saturated heterocycles. The first kappa shape index (κ1) is 22.8. The van der Waals surface area contributed by atoms with Crippen molar-refractivity contribution in [1.29, 1.82) is 0 Å². The van der Waals surface area contributed by atoms with Crippen molar-refractivity contribution in [2.24, 2.45) is 11.8 Å². The Labute approximate surface area is 210 Å². The number of hydrogen-bond donors (Lipinski definition) is 1. The molecule has 188 valence electrons. The molecule has 2 aliphatic rings. The minimum atomic E-state index is -1.07. The van der Waals surface area contributed by atoms with Crippen LogP contribution >= 0.6 is 0 Å². The van der Waals surface area contributed by atoms with Crippen molar-refractivity contribution in [3.8, 4) is 11.6 Å². The number of hydrogen-bond acceptors (Lipinski definition) is 8. The number of ether oxygens (including phenoxy) is 1. The number of halogens is 1. The van der Waals surface area contributed by atoms with Gasteiger partial charge in [0.15, 0.2) is 6.61 Å². The van der Waals surface area contributed by atoms with Gasteiger partial charge in [0.2, 0.25) is 5.88 Å². The number of nitrogens with zero attached hydrogens (tertiary/aromatic N) is 7. The lowest BCUT2D eigenvalue weighted by Gasteiger charge is -2.24. The lowest BCUT2D eigenvalue weighted by Crippen LogP contribution is -2.34. The average molecular weight is 503 g/mol. The molecule has 0 radical (unpaired) electrons. The summed E-state index contributed by atoms with van der Waals surface area (Å²) in [6.45, 7) is 1.95. The number of amides is 1. The highest BCUT2D eigenvalue weighted by atomic mass is 19.1. The first-order valence-corrected chi connectivity index (χ1v) is 11.8. The molecule has 1 amide bonds. The van der Waals surface area contributed by atoms with Gasteiger partial charge in [-0.2, -0.15) is 15.0 Å². The summed E-state index contributed by atoms with van der Waals surface area (Å²) < 4.78 is 20.0. The van der Waals surface area contributed by atoms with Gasteiger partial charge in [-0.05, 0) is 24.3 Å². The molecule has 0 spiro atoms. The van der Waals surface area contributed by atoms with Gasteiger partial charge in [0.1, 0.15) is 22.9 Å². The highest BCUT2D eigenvalue weighted by Gasteiger charge is 2.43. The maximum atomic E-state index is 14.8. The number of carboxylic acid groups (broad SMARTS) is 1. The lowest BCUT2D eigenvalue weighted by molar-refractivity contribution is -0.139. The Balaban J connectivity index is 1.19. The molecule has 11 nitrogen and oxygen atoms in total. The van der Waals surface area contributed by atoms with Crippen molar-refractivity contribution in [2.75, 3.05) is 37.7 Å². The molecular formula is C25H22FN7O4. The Morgan fingerprint density at radius 1 is 1.00 bits per heavy atom. The van der Waals surface area contributed by atoms with Crippen LogP contribution in [0.4, 0.5) is 10.2 Å². The molecule has 0 saturated carbocycles. The monoisotopic (exact) mass is 503 g/mol. The van der Waals surface area contributed by atoms with E-state index in [1.165, 1.54) is 29.3 Å². The summed E-state index contributed by atoms with van der Waals surface area (Å²) in [4.78, 5) is 38.3. The average Bonchev–Trinajstić information content (AvgIpc) is 3.63. The molecule has 2 atom stereocenters. The van der Waals surface area contributed by atoms with Gasteiger partial charge in [-0.3, -0.25) is 4.79 Å². The summed E-state index contributed by atoms with van der Waals surface area (Å²) in [6.07, 6.45) is 4.63. The highest BCUT2D eigenvalue weighted by Crippen LogP contribution is 2.37. The van der Waals surface area contributed by atoms with Crippen LogP contribution in [0.1, 0.15) is 10.4 Å². The van der Waals surface area contributed by atoms with Crippen molar-refractivity contribution < 1.29 is 23.8 Å². The van der Waals surface area contributed by atoms with E-state index in [2.05, 4.69) is 25.1 Å². The molecule has 5 heterocycles. The first-order valence-electron chi connectivity index (χ1n) is 11.8. The van der Waals surface area contributed by atoms with Crippen molar-refractivity contribution >= 4 is 28.6 Å². The van der Waals surface area contributed by atoms with E-state index in [1.54, 1.807) is 29.3 Å². The highest BCUT2D eigenvalue weighted by molar-refractivity contribution is 5.98. The Bertz CT molecular complexity index is 1480. The number of carbonyl (C=O) groups is 2. The Morgan fingerprint density at radius 2 is 1.76 bits per heavy atom. The number of aromatic nitrogens is 5. The number of likely N-dealkylation sites (tertiary alicyclic amines) is 1. The molecule has 6 rings (SSSR count). The molecule has 2 fully saturated rings. The van der Waals surface area contributed by atoms with Gasteiger partial charge < -0.3 is 19.6 Å². The number of fused-ring (bicyclic) bond motifs is 2. The third-order valence-electron chi connectivity index (χ3n) is 6.83. The zero-order valence-electron chi connectivity index (χ0n) is 19.6. The Kier molecular flexibility index (Phi) is 5.63. The van der Waals surface area contributed by atoms with Gasteiger partial charge in [0, 0.05) is 55.7 Å². The van der Waals surface area contributed by atoms with Crippen molar-refractivity contribution in [3.63, 3.8) is 0 Å². The van der Waals surface area contributed by atoms with Gasteiger partial charge in [0.25, 0.3) is 5.91 Å². The van der Waals surface area contributed by atoms with Gasteiger partial charge >= 0.3 is 5.97 Å². The predicted octanol–water partition coefficient (Wildman–Crippen LogP) is 2.02. The summed E-state index contributed by atoms with van der Waals surface area (Å²) in [5.41, 5.74) is 0.937. The number of carbonyl (C=O) groups excluding carboxylic acids is 1. The largest absolute Gasteiger partial charge is 0.479 e. The van der Waals surface area contributed by atoms with E-state index < -0.39 is 18.4 Å². The maximum Gasteiger partial charge on any atom is 0.341 e. The molecule has 1 N–H and O–H groups in total. The van der Waals surface area contributed by atoms with Crippen LogP contribution in [0.5, 0.6) is 5.88 Å². The third-order valence-corrected chi connectivity index (χ3v) is 6.83. The topological polar surface area (TPSA) is 127 Å². The number of aliphatic carboxylic acids is 1. The third kappa shape index (κ3) is 4.20. The van der Waals surface area contributed by atoms with E-state index in [1.807, 2.05) is 6.07 Å². The second-order valence-electron chi connectivity index (χ2n) is 9.12. The van der Waals surface area contributed by atoms with Crippen LogP contribution in [0.2, 0.25) is 0 Å². The van der Waals surface area contributed by atoms with Crippen LogP contribution in [-0.2, 0) is 4.79 Å². The standard InChI is InChI=1S/C25H22FN7O4/c26-18-2-1-3-20(33-28-8-9-29-33)23(18)25(36)32-12-15-10-31(11-16(15)13-32)24-17-4-5-21(37-14-22(34)35)30-19(17)6-7-27-24/h1-9,15-16H,10-14H2,(H,34,35). The number of rotatable bonds is 6. The molecule has 2 unspecified atom stereocenters. The molecule has 4 aromatic rings. The van der Waals surface area contributed by atoms with Crippen LogP contribution < -0.4 is 9.64 Å². The normalized spacial score (nSPS) is 18.8. The SMILES string of the molecule is O=C(O)COc1ccc2c(N3CC4CN(C(=O)c5c(F)cccc5-n5nccn5)CC4C3)nccc2n1. The van der Waals surface area contributed by atoms with E-state index in [4.69, 9.17) is 9.84 Å². The minimum Gasteiger partial charge on any atom is -0.479 e. The summed E-state index contributed by atoms with van der Waals surface area (Å²) in [5.74, 6) is -0.598. The van der Waals surface area contributed by atoms with Crippen LogP contribution in [0, 0.1) is 17.7 Å². The van der Waals surface area contributed by atoms with E-state index in [0.717, 1.165) is 11.2 Å². The summed E-state index contributed by atoms with van der Waals surface area (Å²) in [5, 5.41) is 17.8. The number of anilines is 1. The second-order valence-corrected chi connectivity index (χ2v) is 9.12. The van der Waals surface area contributed by atoms with E-state index in [0.29, 0.717) is 37.4 Å². The summed E-state index contributed by atoms with van der Waals surface area (Å²) in [6, 6.07) is 9.66. The zero-order chi connectivity index (χ0) is 25.5. The van der Waals surface area contributed by atoms with E-state index in [-0.39, 0.29) is 29.2 Å². The zero-order valence-corrected chi connectivity index (χ0v) is 19.6. The minimum absolute atomic E-state index is 0.0294. The molecule has 1 aromatic carbocycles. The van der Waals surface area contributed by atoms with E-state index in [9.17, 15) is 14.0 Å². The van der Waals surface area contributed by atoms with Gasteiger partial charge in [-0.25, -0.2) is 19.2 Å². The second kappa shape index (κ2) is 9.12. The van der Waals surface area contributed by atoms with Crippen molar-refractivity contribution in [3.05, 3.63) is 66.4 Å². The fourth-order valence-corrected chi connectivity index (χ4v) is 5.21. The Morgan fingerprint density at radius 3 is 2.49 bits per heavy atom. The van der Waals surface area contributed by atoms with Crippen LogP contribution in [0.15, 0.2) is 55.0 Å². The molecule has 0 aliphatic carbocycles. The van der Waals surface area contributed by atoms with Gasteiger partial charge in [0.05, 0.1) is 17.9 Å². The fraction of sp³-hybridized carbons (Fsp3) is 0.280. The molecule has 37 heavy (non-hydrogen) atoms. The number of benzene rings is 1. The molecule has 2 aliphatic heterocycles. The molecule has 3 aromatic heterocycles. The quantitative estimate of drug-likeness (QED) is 0.420. The van der Waals surface area contributed by atoms with Crippen molar-refractivity contribution in [1.82, 2.24) is 29.9 Å². The maximum absolute atomic E-state index is 14.8. The summed E-state index contributed by atoms with van der Waals surface area (Å²) >= 11 is 0. The fourth-order valence-electron chi connectivity index (χ4n) is 5.21. The van der Waals surface area contributed by atoms with Crippen LogP contribution in [-0.4, -0.2) is 79.6 Å². The molecule has 0 bridgehead atoms. The van der Waals surface area contributed by atoms with Crippen molar-refractivity contribution in [2.45, 2.75) is 0 Å². The summed E-state index contributed by atoms with van der Waals surface area (Å²) in [7, 11) is 0. The Hall–Kier alpha value is -4.61. The van der Waals surface area contributed by atoms with Crippen LogP contribution in [0.3, 0.4) is 0 Å². The van der Waals surface area contributed by atoms with E-state index >= 15 is 0 Å². The van der Waals surface area contributed by atoms with Crippen LogP contribution in [0.25, 0.3) is 16.6 Å².